The first-order valence-corrected chi connectivity index (χ1v) is 8.19. The van der Waals surface area contributed by atoms with Crippen molar-refractivity contribution in [3.8, 4) is 0 Å². The van der Waals surface area contributed by atoms with Crippen LogP contribution in [0.2, 0.25) is 0 Å². The largest absolute Gasteiger partial charge is 1.00 e. The quantitative estimate of drug-likeness (QED) is 0.271. The summed E-state index contributed by atoms with van der Waals surface area (Å²) in [7, 11) is 0. The zero-order chi connectivity index (χ0) is 15.6. The van der Waals surface area contributed by atoms with Gasteiger partial charge in [-0.25, -0.2) is 0 Å². The molecule has 0 aliphatic carbocycles. The third-order valence-corrected chi connectivity index (χ3v) is 6.42. The van der Waals surface area contributed by atoms with Crippen LogP contribution in [0.25, 0.3) is 0 Å². The fourth-order valence-corrected chi connectivity index (χ4v) is 4.49. The number of non-ortho nitro benzene ring substituents is 2. The molecule has 0 aliphatic heterocycles. The molecule has 22 heavy (non-hydrogen) atoms. The summed E-state index contributed by atoms with van der Waals surface area (Å²) in [6.45, 7) is 3.79. The highest BCUT2D eigenvalue weighted by atomic mass is 127. The topological polar surface area (TPSA) is 86.3 Å². The first-order chi connectivity index (χ1) is 9.88. The van der Waals surface area contributed by atoms with Gasteiger partial charge in [-0.2, -0.15) is 0 Å². The summed E-state index contributed by atoms with van der Waals surface area (Å²) >= 11 is -0.708. The van der Waals surface area contributed by atoms with Gasteiger partial charge in [0.25, 0.3) is 11.4 Å². The zero-order valence-electron chi connectivity index (χ0n) is 11.7. The van der Waals surface area contributed by atoms with E-state index in [1.807, 2.05) is 13.8 Å². The minimum Gasteiger partial charge on any atom is -1.00 e. The molecule has 0 spiro atoms. The second-order valence-corrected chi connectivity index (χ2v) is 7.34. The number of nitro groups is 2. The molecule has 0 radical (unpaired) electrons. The molecule has 2 rings (SSSR count). The summed E-state index contributed by atoms with van der Waals surface area (Å²) in [6, 6.07) is 9.53. The first-order valence-electron chi connectivity index (χ1n) is 6.03. The molecular weight excluding hydrogens is 467 g/mol. The van der Waals surface area contributed by atoms with Gasteiger partial charge in [-0.05, 0) is 26.0 Å². The van der Waals surface area contributed by atoms with Gasteiger partial charge in [-0.1, -0.05) is 0 Å². The van der Waals surface area contributed by atoms with E-state index in [1.165, 1.54) is 12.1 Å². The molecule has 0 saturated carbocycles. The van der Waals surface area contributed by atoms with E-state index in [2.05, 4.69) is 0 Å². The molecular formula is C14H12BrIN2O4. The Morgan fingerprint density at radius 2 is 1.18 bits per heavy atom. The Labute approximate surface area is 147 Å². The van der Waals surface area contributed by atoms with Crippen molar-refractivity contribution in [2.24, 2.45) is 0 Å². The number of hydrogen-bond acceptors (Lipinski definition) is 4. The van der Waals surface area contributed by atoms with E-state index in [0.29, 0.717) is 0 Å². The number of rotatable bonds is 4. The van der Waals surface area contributed by atoms with Crippen molar-refractivity contribution < 1.29 is 48.0 Å². The van der Waals surface area contributed by atoms with Crippen LogP contribution in [0.5, 0.6) is 0 Å². The van der Waals surface area contributed by atoms with Crippen molar-refractivity contribution in [3.05, 3.63) is 74.9 Å². The summed E-state index contributed by atoms with van der Waals surface area (Å²) in [5, 5.41) is 21.7. The average molecular weight is 479 g/mol. The van der Waals surface area contributed by atoms with E-state index in [1.54, 1.807) is 24.3 Å². The van der Waals surface area contributed by atoms with Crippen LogP contribution in [0, 0.1) is 41.2 Å². The van der Waals surface area contributed by atoms with Crippen LogP contribution in [-0.4, -0.2) is 9.85 Å². The van der Waals surface area contributed by atoms with Gasteiger partial charge in [0.2, 0.25) is 7.14 Å². The molecule has 0 amide bonds. The third-order valence-electron chi connectivity index (χ3n) is 2.94. The standard InChI is InChI=1S/C14H12IN2O4.BrH/c1-9-3-5-11(16(18)19)7-13(9)15-14-8-12(17(20)21)6-4-10(14)2;/h3-8H,1-2H3;1H/q+1;/p-1. The third kappa shape index (κ3) is 4.23. The van der Waals surface area contributed by atoms with Gasteiger partial charge in [0.1, 0.15) is 0 Å². The maximum absolute atomic E-state index is 10.9. The summed E-state index contributed by atoms with van der Waals surface area (Å²) in [6.07, 6.45) is 0. The van der Waals surface area contributed by atoms with Gasteiger partial charge in [0, 0.05) is 23.3 Å². The van der Waals surface area contributed by atoms with Crippen molar-refractivity contribution >= 4 is 11.4 Å². The van der Waals surface area contributed by atoms with E-state index in [-0.39, 0.29) is 28.4 Å². The lowest BCUT2D eigenvalue weighted by Crippen LogP contribution is -3.62. The Bertz CT molecular complexity index is 675. The van der Waals surface area contributed by atoms with Crippen molar-refractivity contribution in [3.63, 3.8) is 0 Å². The minimum atomic E-state index is -0.708. The Balaban J connectivity index is 0.00000242. The van der Waals surface area contributed by atoms with Crippen LogP contribution in [0.15, 0.2) is 36.4 Å². The van der Waals surface area contributed by atoms with Crippen molar-refractivity contribution in [1.29, 1.82) is 0 Å². The highest BCUT2D eigenvalue weighted by molar-refractivity contribution is 5.34. The second-order valence-electron chi connectivity index (χ2n) is 4.48. The SMILES string of the molecule is Cc1ccc([N+](=O)[O-])cc1[I+]c1cc([N+](=O)[O-])ccc1C.[Br-]. The van der Waals surface area contributed by atoms with Crippen molar-refractivity contribution in [1.82, 2.24) is 0 Å². The number of hydrogen-bond donors (Lipinski definition) is 0. The molecule has 2 aromatic rings. The number of halogens is 2. The van der Waals surface area contributed by atoms with Crippen LogP contribution < -0.4 is 38.2 Å². The normalized spacial score (nSPS) is 9.91. The summed E-state index contributed by atoms with van der Waals surface area (Å²) in [5.74, 6) is 0. The van der Waals surface area contributed by atoms with E-state index in [0.717, 1.165) is 18.3 Å². The van der Waals surface area contributed by atoms with Gasteiger partial charge in [-0.15, -0.1) is 0 Å². The van der Waals surface area contributed by atoms with Crippen LogP contribution in [0.4, 0.5) is 11.4 Å². The molecule has 0 atom stereocenters. The lowest BCUT2D eigenvalue weighted by atomic mass is 10.2. The lowest BCUT2D eigenvalue weighted by molar-refractivity contribution is -0.599. The van der Waals surface area contributed by atoms with Crippen LogP contribution >= 0.6 is 0 Å². The lowest BCUT2D eigenvalue weighted by Gasteiger charge is -1.97. The summed E-state index contributed by atoms with van der Waals surface area (Å²) < 4.78 is 1.82. The van der Waals surface area contributed by atoms with Crippen molar-refractivity contribution in [2.45, 2.75) is 13.8 Å². The van der Waals surface area contributed by atoms with E-state index >= 15 is 0 Å². The molecule has 0 aliphatic rings. The highest BCUT2D eigenvalue weighted by Gasteiger charge is 2.25. The maximum atomic E-state index is 10.9. The number of nitrogens with zero attached hydrogens (tertiary/aromatic N) is 2. The molecule has 0 heterocycles. The predicted octanol–water partition coefficient (Wildman–Crippen LogP) is -2.75. The molecule has 0 fully saturated rings. The molecule has 8 heteroatoms. The minimum absolute atomic E-state index is 0. The summed E-state index contributed by atoms with van der Waals surface area (Å²) in [5.41, 5.74) is 2.05. The average Bonchev–Trinajstić information content (AvgIpc) is 2.43. The fourth-order valence-electron chi connectivity index (χ4n) is 1.70. The Kier molecular flexibility index (Phi) is 6.42. The van der Waals surface area contributed by atoms with Gasteiger partial charge >= 0.3 is 21.2 Å². The van der Waals surface area contributed by atoms with Gasteiger partial charge in [0.05, 0.1) is 22.0 Å². The number of benzene rings is 2. The van der Waals surface area contributed by atoms with Crippen LogP contribution in [0.3, 0.4) is 0 Å². The number of nitro benzene ring substituents is 2. The van der Waals surface area contributed by atoms with E-state index in [4.69, 9.17) is 0 Å². The first kappa shape index (κ1) is 18.5. The smallest absolute Gasteiger partial charge is 0.359 e. The molecule has 0 bridgehead atoms. The van der Waals surface area contributed by atoms with Gasteiger partial charge in [0.15, 0.2) is 0 Å². The Hall–Kier alpha value is -1.55. The van der Waals surface area contributed by atoms with Gasteiger partial charge in [-0.3, -0.25) is 20.2 Å². The molecule has 0 N–H and O–H groups in total. The van der Waals surface area contributed by atoms with Gasteiger partial charge < -0.3 is 17.0 Å². The monoisotopic (exact) mass is 478 g/mol. The molecule has 0 aromatic heterocycles. The fraction of sp³-hybridized carbons (Fsp3) is 0.143. The zero-order valence-corrected chi connectivity index (χ0v) is 15.5. The Morgan fingerprint density at radius 1 is 0.818 bits per heavy atom. The molecule has 2 aromatic carbocycles. The molecule has 0 unspecified atom stereocenters. The van der Waals surface area contributed by atoms with Crippen molar-refractivity contribution in [2.75, 3.05) is 0 Å². The summed E-state index contributed by atoms with van der Waals surface area (Å²) in [4.78, 5) is 20.9. The number of aryl methyl sites for hydroxylation is 2. The van der Waals surface area contributed by atoms with E-state index in [9.17, 15) is 20.2 Å². The molecule has 6 nitrogen and oxygen atoms in total. The van der Waals surface area contributed by atoms with Crippen LogP contribution in [-0.2, 0) is 0 Å². The highest BCUT2D eigenvalue weighted by Crippen LogP contribution is 2.13. The van der Waals surface area contributed by atoms with Crippen LogP contribution in [0.1, 0.15) is 11.1 Å². The Morgan fingerprint density at radius 3 is 1.50 bits per heavy atom. The molecule has 0 saturated heterocycles. The maximum Gasteiger partial charge on any atom is 0.359 e. The second kappa shape index (κ2) is 7.63. The predicted molar refractivity (Wildman–Crippen MR) is 73.1 cm³/mol. The molecule has 116 valence electrons. The van der Waals surface area contributed by atoms with E-state index < -0.39 is 31.1 Å².